The lowest BCUT2D eigenvalue weighted by Gasteiger charge is -2.07. The first-order valence-electron chi connectivity index (χ1n) is 7.57. The summed E-state index contributed by atoms with van der Waals surface area (Å²) in [7, 11) is 0. The highest BCUT2D eigenvalue weighted by molar-refractivity contribution is 5.62. The zero-order valence-electron chi connectivity index (χ0n) is 12.7. The van der Waals surface area contributed by atoms with Crippen LogP contribution in [0.4, 0.5) is 0 Å². The molecular weight excluding hydrogens is 266 g/mol. The average Bonchev–Trinajstić information content (AvgIpc) is 2.61. The second-order valence-electron chi connectivity index (χ2n) is 5.40. The summed E-state index contributed by atoms with van der Waals surface area (Å²) >= 11 is 0. The molecule has 108 valence electrons. The van der Waals surface area contributed by atoms with Crippen LogP contribution in [-0.2, 0) is 0 Å². The number of allylic oxidation sites excluding steroid dienone is 1. The van der Waals surface area contributed by atoms with E-state index >= 15 is 0 Å². The second-order valence-corrected chi connectivity index (χ2v) is 5.40. The first-order valence-corrected chi connectivity index (χ1v) is 7.57. The van der Waals surface area contributed by atoms with Gasteiger partial charge in [-0.3, -0.25) is 4.98 Å². The highest BCUT2D eigenvalue weighted by Gasteiger charge is 2.04. The van der Waals surface area contributed by atoms with Crippen molar-refractivity contribution in [3.63, 3.8) is 0 Å². The molecule has 0 amide bonds. The predicted octanol–water partition coefficient (Wildman–Crippen LogP) is 5.57. The van der Waals surface area contributed by atoms with E-state index in [0.717, 1.165) is 11.3 Å². The maximum Gasteiger partial charge on any atom is 0.0469 e. The molecule has 0 aliphatic carbocycles. The number of rotatable bonds is 4. The smallest absolute Gasteiger partial charge is 0.0469 e. The van der Waals surface area contributed by atoms with Crippen LogP contribution in [0.15, 0.2) is 85.1 Å². The van der Waals surface area contributed by atoms with E-state index in [1.54, 1.807) is 0 Å². The van der Waals surface area contributed by atoms with Crippen LogP contribution in [0.1, 0.15) is 24.1 Å². The standard InChI is InChI=1S/C21H19N/c1-17(12-13-18-8-4-2-5-9-18)21-15-14-20(16-22-21)19-10-6-3-7-11-19/h2-17H,1H3/b13-12+. The van der Waals surface area contributed by atoms with Gasteiger partial charge in [0.25, 0.3) is 0 Å². The largest absolute Gasteiger partial charge is 0.260 e. The van der Waals surface area contributed by atoms with Crippen molar-refractivity contribution in [1.29, 1.82) is 0 Å². The Balaban J connectivity index is 1.74. The Bertz CT molecular complexity index is 728. The fourth-order valence-corrected chi connectivity index (χ4v) is 2.39. The topological polar surface area (TPSA) is 12.9 Å². The molecule has 0 saturated heterocycles. The molecule has 0 bridgehead atoms. The molecule has 1 heterocycles. The normalized spacial score (nSPS) is 12.4. The molecule has 1 heteroatoms. The molecule has 1 nitrogen and oxygen atoms in total. The van der Waals surface area contributed by atoms with Gasteiger partial charge in [0.1, 0.15) is 0 Å². The van der Waals surface area contributed by atoms with Crippen molar-refractivity contribution in [3.8, 4) is 11.1 Å². The van der Waals surface area contributed by atoms with Crippen LogP contribution in [0.3, 0.4) is 0 Å². The van der Waals surface area contributed by atoms with E-state index < -0.39 is 0 Å². The Kier molecular flexibility index (Phi) is 4.45. The third-order valence-electron chi connectivity index (χ3n) is 3.74. The van der Waals surface area contributed by atoms with Gasteiger partial charge < -0.3 is 0 Å². The third kappa shape index (κ3) is 3.50. The summed E-state index contributed by atoms with van der Waals surface area (Å²) in [5.74, 6) is 0.296. The average molecular weight is 285 g/mol. The van der Waals surface area contributed by atoms with E-state index in [0.29, 0.717) is 5.92 Å². The molecule has 2 aromatic carbocycles. The third-order valence-corrected chi connectivity index (χ3v) is 3.74. The van der Waals surface area contributed by atoms with Crippen LogP contribution in [-0.4, -0.2) is 4.98 Å². The Morgan fingerprint density at radius 1 is 0.773 bits per heavy atom. The summed E-state index contributed by atoms with van der Waals surface area (Å²) in [6, 6.07) is 25.0. The molecule has 0 radical (unpaired) electrons. The summed E-state index contributed by atoms with van der Waals surface area (Å²) in [5.41, 5.74) is 4.67. The quantitative estimate of drug-likeness (QED) is 0.611. The lowest BCUT2D eigenvalue weighted by atomic mass is 10.0. The minimum Gasteiger partial charge on any atom is -0.260 e. The van der Waals surface area contributed by atoms with E-state index in [-0.39, 0.29) is 0 Å². The molecule has 3 aromatic rings. The summed E-state index contributed by atoms with van der Waals surface area (Å²) in [6.07, 6.45) is 6.30. The molecule has 0 aliphatic heterocycles. The van der Waals surface area contributed by atoms with Gasteiger partial charge in [-0.05, 0) is 17.2 Å². The molecule has 0 saturated carbocycles. The molecule has 1 aromatic heterocycles. The van der Waals surface area contributed by atoms with Crippen molar-refractivity contribution in [2.75, 3.05) is 0 Å². The van der Waals surface area contributed by atoms with Crippen LogP contribution in [0, 0.1) is 0 Å². The van der Waals surface area contributed by atoms with Gasteiger partial charge in [-0.25, -0.2) is 0 Å². The van der Waals surface area contributed by atoms with Gasteiger partial charge in [0.05, 0.1) is 0 Å². The van der Waals surface area contributed by atoms with Crippen molar-refractivity contribution in [1.82, 2.24) is 4.98 Å². The van der Waals surface area contributed by atoms with Crippen LogP contribution in [0.2, 0.25) is 0 Å². The molecule has 0 N–H and O–H groups in total. The summed E-state index contributed by atoms with van der Waals surface area (Å²) in [5, 5.41) is 0. The van der Waals surface area contributed by atoms with E-state index in [2.05, 4.69) is 84.7 Å². The zero-order chi connectivity index (χ0) is 15.2. The van der Waals surface area contributed by atoms with Crippen molar-refractivity contribution in [2.24, 2.45) is 0 Å². The molecule has 1 unspecified atom stereocenters. The van der Waals surface area contributed by atoms with Gasteiger partial charge in [-0.15, -0.1) is 0 Å². The molecule has 0 aliphatic rings. The number of hydrogen-bond acceptors (Lipinski definition) is 1. The molecular formula is C21H19N. The van der Waals surface area contributed by atoms with Gasteiger partial charge in [0, 0.05) is 23.4 Å². The van der Waals surface area contributed by atoms with Crippen molar-refractivity contribution >= 4 is 6.08 Å². The Morgan fingerprint density at radius 2 is 1.45 bits per heavy atom. The lowest BCUT2D eigenvalue weighted by molar-refractivity contribution is 0.911. The highest BCUT2D eigenvalue weighted by atomic mass is 14.7. The molecule has 3 rings (SSSR count). The van der Waals surface area contributed by atoms with Crippen molar-refractivity contribution in [3.05, 3.63) is 96.3 Å². The Labute approximate surface area is 132 Å². The molecule has 0 fully saturated rings. The summed E-state index contributed by atoms with van der Waals surface area (Å²) < 4.78 is 0. The molecule has 1 atom stereocenters. The van der Waals surface area contributed by atoms with Crippen LogP contribution in [0.25, 0.3) is 17.2 Å². The summed E-state index contributed by atoms with van der Waals surface area (Å²) in [4.78, 5) is 4.62. The van der Waals surface area contributed by atoms with Gasteiger partial charge in [-0.2, -0.15) is 0 Å². The predicted molar refractivity (Wildman–Crippen MR) is 93.6 cm³/mol. The fraction of sp³-hybridized carbons (Fsp3) is 0.0952. The SMILES string of the molecule is CC(/C=C/c1ccccc1)c1ccc(-c2ccccc2)cn1. The minimum absolute atomic E-state index is 0.296. The van der Waals surface area contributed by atoms with Crippen molar-refractivity contribution < 1.29 is 0 Å². The first-order chi connectivity index (χ1) is 10.8. The zero-order valence-corrected chi connectivity index (χ0v) is 12.7. The monoisotopic (exact) mass is 285 g/mol. The van der Waals surface area contributed by atoms with Crippen LogP contribution in [0.5, 0.6) is 0 Å². The van der Waals surface area contributed by atoms with E-state index in [1.165, 1.54) is 11.1 Å². The fourth-order valence-electron chi connectivity index (χ4n) is 2.39. The Hall–Kier alpha value is -2.67. The number of aromatic nitrogens is 1. The van der Waals surface area contributed by atoms with E-state index in [9.17, 15) is 0 Å². The van der Waals surface area contributed by atoms with Gasteiger partial charge in [-0.1, -0.05) is 85.8 Å². The van der Waals surface area contributed by atoms with Crippen molar-refractivity contribution in [2.45, 2.75) is 12.8 Å². The van der Waals surface area contributed by atoms with Crippen LogP contribution < -0.4 is 0 Å². The minimum atomic E-state index is 0.296. The number of benzene rings is 2. The maximum absolute atomic E-state index is 4.62. The lowest BCUT2D eigenvalue weighted by Crippen LogP contribution is -1.93. The number of hydrogen-bond donors (Lipinski definition) is 0. The van der Waals surface area contributed by atoms with E-state index in [1.807, 2.05) is 18.3 Å². The first kappa shape index (κ1) is 14.3. The van der Waals surface area contributed by atoms with Gasteiger partial charge in [0.15, 0.2) is 0 Å². The maximum atomic E-state index is 4.62. The highest BCUT2D eigenvalue weighted by Crippen LogP contribution is 2.21. The molecule has 22 heavy (non-hydrogen) atoms. The summed E-state index contributed by atoms with van der Waals surface area (Å²) in [6.45, 7) is 2.17. The number of pyridine rings is 1. The van der Waals surface area contributed by atoms with E-state index in [4.69, 9.17) is 0 Å². The van der Waals surface area contributed by atoms with Crippen LogP contribution >= 0.6 is 0 Å². The molecule has 0 spiro atoms. The Morgan fingerprint density at radius 3 is 2.09 bits per heavy atom. The van der Waals surface area contributed by atoms with Gasteiger partial charge >= 0.3 is 0 Å². The second kappa shape index (κ2) is 6.86. The number of nitrogens with zero attached hydrogens (tertiary/aromatic N) is 1. The van der Waals surface area contributed by atoms with Gasteiger partial charge in [0.2, 0.25) is 0 Å².